The number of para-hydroxylation sites is 1. The van der Waals surface area contributed by atoms with E-state index in [0.717, 1.165) is 53.9 Å². The molecule has 7 heteroatoms. The molecule has 2 aromatic carbocycles. The zero-order chi connectivity index (χ0) is 18.9. The van der Waals surface area contributed by atoms with Crippen LogP contribution in [0.25, 0.3) is 28.0 Å². The molecule has 3 heterocycles. The number of carbonyl (C=O) groups is 1. The molecule has 140 valence electrons. The van der Waals surface area contributed by atoms with Gasteiger partial charge in [0.1, 0.15) is 11.4 Å². The molecule has 1 amide bonds. The van der Waals surface area contributed by atoms with Crippen molar-refractivity contribution in [1.29, 1.82) is 0 Å². The average molecular weight is 372 g/mol. The number of nitrogens with one attached hydrogen (secondary N) is 1. The van der Waals surface area contributed by atoms with Gasteiger partial charge in [-0.3, -0.25) is 9.89 Å². The monoisotopic (exact) mass is 372 g/mol. The van der Waals surface area contributed by atoms with Gasteiger partial charge < -0.3 is 4.90 Å². The standard InChI is InChI=1S/C21H20N6O/c28-20-6-3-12-26(20)13-11-15-7-9-16(10-8-15)27-14-19(23-25-27)21-17-4-1-2-5-18(17)22-24-21/h1-2,4-5,7-10,14H,3,6,11-13H2,(H,22,24). The van der Waals surface area contributed by atoms with Gasteiger partial charge in [-0.15, -0.1) is 5.10 Å². The molecular formula is C21H20N6O. The minimum atomic E-state index is 0.276. The summed E-state index contributed by atoms with van der Waals surface area (Å²) in [5.41, 5.74) is 4.66. The third-order valence-corrected chi connectivity index (χ3v) is 5.25. The lowest BCUT2D eigenvalue weighted by molar-refractivity contribution is -0.127. The van der Waals surface area contributed by atoms with Gasteiger partial charge in [0.15, 0.2) is 0 Å². The Kier molecular flexibility index (Phi) is 4.12. The first-order valence-electron chi connectivity index (χ1n) is 9.51. The van der Waals surface area contributed by atoms with E-state index in [1.54, 1.807) is 4.68 Å². The van der Waals surface area contributed by atoms with E-state index >= 15 is 0 Å². The van der Waals surface area contributed by atoms with E-state index in [1.807, 2.05) is 47.5 Å². The molecule has 1 aliphatic rings. The number of carbonyl (C=O) groups excluding carboxylic acids is 1. The highest BCUT2D eigenvalue weighted by Gasteiger charge is 2.19. The van der Waals surface area contributed by atoms with Crippen molar-refractivity contribution in [2.24, 2.45) is 0 Å². The summed E-state index contributed by atoms with van der Waals surface area (Å²) in [7, 11) is 0. The van der Waals surface area contributed by atoms with Crippen LogP contribution in [-0.4, -0.2) is 49.1 Å². The summed E-state index contributed by atoms with van der Waals surface area (Å²) >= 11 is 0. The van der Waals surface area contributed by atoms with Crippen molar-refractivity contribution in [1.82, 2.24) is 30.1 Å². The fourth-order valence-corrected chi connectivity index (χ4v) is 3.68. The average Bonchev–Trinajstić information content (AvgIpc) is 3.46. The Balaban J connectivity index is 1.32. The largest absolute Gasteiger partial charge is 0.342 e. The number of benzene rings is 2. The number of H-pyrrole nitrogens is 1. The van der Waals surface area contributed by atoms with Gasteiger partial charge in [0.25, 0.3) is 0 Å². The Morgan fingerprint density at radius 3 is 2.75 bits per heavy atom. The molecule has 1 fully saturated rings. The molecular weight excluding hydrogens is 352 g/mol. The highest BCUT2D eigenvalue weighted by atomic mass is 16.2. The first-order chi connectivity index (χ1) is 13.8. The maximum absolute atomic E-state index is 11.7. The van der Waals surface area contributed by atoms with Gasteiger partial charge in [-0.2, -0.15) is 5.10 Å². The van der Waals surface area contributed by atoms with Crippen molar-refractivity contribution in [3.8, 4) is 17.1 Å². The fourth-order valence-electron chi connectivity index (χ4n) is 3.68. The summed E-state index contributed by atoms with van der Waals surface area (Å²) in [5.74, 6) is 0.276. The summed E-state index contributed by atoms with van der Waals surface area (Å²) in [5, 5.41) is 17.0. The van der Waals surface area contributed by atoms with E-state index in [0.29, 0.717) is 6.42 Å². The summed E-state index contributed by atoms with van der Waals surface area (Å²) in [6, 6.07) is 16.2. The molecule has 7 nitrogen and oxygen atoms in total. The number of hydrogen-bond donors (Lipinski definition) is 1. The third kappa shape index (κ3) is 3.05. The van der Waals surface area contributed by atoms with Gasteiger partial charge in [-0.1, -0.05) is 35.5 Å². The number of nitrogens with zero attached hydrogens (tertiary/aromatic N) is 5. The predicted molar refractivity (Wildman–Crippen MR) is 106 cm³/mol. The quantitative estimate of drug-likeness (QED) is 0.584. The third-order valence-electron chi connectivity index (χ3n) is 5.25. The van der Waals surface area contributed by atoms with Gasteiger partial charge in [0, 0.05) is 24.9 Å². The van der Waals surface area contributed by atoms with E-state index in [-0.39, 0.29) is 5.91 Å². The Bertz CT molecular complexity index is 1130. The number of amides is 1. The number of fused-ring (bicyclic) bond motifs is 1. The minimum Gasteiger partial charge on any atom is -0.342 e. The van der Waals surface area contributed by atoms with E-state index < -0.39 is 0 Å². The maximum atomic E-state index is 11.7. The second-order valence-corrected chi connectivity index (χ2v) is 7.07. The van der Waals surface area contributed by atoms with E-state index in [4.69, 9.17) is 0 Å². The van der Waals surface area contributed by atoms with Crippen molar-refractivity contribution in [2.45, 2.75) is 19.3 Å². The van der Waals surface area contributed by atoms with Crippen LogP contribution in [0.1, 0.15) is 18.4 Å². The SMILES string of the molecule is O=C1CCCN1CCc1ccc(-n2cc(-c3n[nH]c4ccccc34)nn2)cc1. The molecule has 0 atom stereocenters. The van der Waals surface area contributed by atoms with E-state index in [1.165, 1.54) is 5.56 Å². The molecule has 0 spiro atoms. The zero-order valence-corrected chi connectivity index (χ0v) is 15.4. The van der Waals surface area contributed by atoms with Crippen LogP contribution >= 0.6 is 0 Å². The highest BCUT2D eigenvalue weighted by Crippen LogP contribution is 2.24. The number of hydrogen-bond acceptors (Lipinski definition) is 4. The van der Waals surface area contributed by atoms with Crippen molar-refractivity contribution in [2.75, 3.05) is 13.1 Å². The first kappa shape index (κ1) is 16.7. The Hall–Kier alpha value is -3.48. The van der Waals surface area contributed by atoms with Crippen LogP contribution in [0.2, 0.25) is 0 Å². The minimum absolute atomic E-state index is 0.276. The molecule has 2 aromatic heterocycles. The zero-order valence-electron chi connectivity index (χ0n) is 15.4. The summed E-state index contributed by atoms with van der Waals surface area (Å²) in [6.45, 7) is 1.68. The van der Waals surface area contributed by atoms with Crippen LogP contribution in [0.15, 0.2) is 54.7 Å². The Morgan fingerprint density at radius 2 is 1.93 bits per heavy atom. The van der Waals surface area contributed by atoms with Gasteiger partial charge in [0.05, 0.1) is 17.4 Å². The molecule has 0 unspecified atom stereocenters. The smallest absolute Gasteiger partial charge is 0.222 e. The molecule has 28 heavy (non-hydrogen) atoms. The van der Waals surface area contributed by atoms with E-state index in [2.05, 4.69) is 32.6 Å². The van der Waals surface area contributed by atoms with Gasteiger partial charge >= 0.3 is 0 Å². The van der Waals surface area contributed by atoms with Crippen molar-refractivity contribution < 1.29 is 4.79 Å². The number of likely N-dealkylation sites (tertiary alicyclic amines) is 1. The molecule has 4 aromatic rings. The second-order valence-electron chi connectivity index (χ2n) is 7.07. The van der Waals surface area contributed by atoms with Gasteiger partial charge in [-0.05, 0) is 36.6 Å². The molecule has 0 radical (unpaired) electrons. The Morgan fingerprint density at radius 1 is 1.07 bits per heavy atom. The van der Waals surface area contributed by atoms with Crippen LogP contribution in [0.4, 0.5) is 0 Å². The summed E-state index contributed by atoms with van der Waals surface area (Å²) in [4.78, 5) is 13.7. The molecule has 1 N–H and O–H groups in total. The molecule has 1 aliphatic heterocycles. The normalized spacial score (nSPS) is 14.3. The molecule has 0 aliphatic carbocycles. The van der Waals surface area contributed by atoms with Crippen LogP contribution in [-0.2, 0) is 11.2 Å². The van der Waals surface area contributed by atoms with Crippen LogP contribution in [0, 0.1) is 0 Å². The Labute approximate surface area is 162 Å². The molecule has 0 saturated carbocycles. The van der Waals surface area contributed by atoms with Crippen LogP contribution in [0.3, 0.4) is 0 Å². The van der Waals surface area contributed by atoms with Crippen LogP contribution in [0.5, 0.6) is 0 Å². The second kappa shape index (κ2) is 6.92. The molecule has 5 rings (SSSR count). The van der Waals surface area contributed by atoms with E-state index in [9.17, 15) is 4.79 Å². The lowest BCUT2D eigenvalue weighted by Crippen LogP contribution is -2.26. The van der Waals surface area contributed by atoms with Crippen LogP contribution < -0.4 is 0 Å². The van der Waals surface area contributed by atoms with Crippen molar-refractivity contribution in [3.63, 3.8) is 0 Å². The van der Waals surface area contributed by atoms with Gasteiger partial charge in [-0.25, -0.2) is 4.68 Å². The highest BCUT2D eigenvalue weighted by molar-refractivity contribution is 5.91. The van der Waals surface area contributed by atoms with Crippen molar-refractivity contribution >= 4 is 16.8 Å². The van der Waals surface area contributed by atoms with Crippen molar-refractivity contribution in [3.05, 3.63) is 60.3 Å². The van der Waals surface area contributed by atoms with Gasteiger partial charge in [0.2, 0.25) is 5.91 Å². The number of rotatable bonds is 5. The first-order valence-corrected chi connectivity index (χ1v) is 9.51. The lowest BCUT2D eigenvalue weighted by Gasteiger charge is -2.15. The topological polar surface area (TPSA) is 79.7 Å². The lowest BCUT2D eigenvalue weighted by atomic mass is 10.1. The molecule has 1 saturated heterocycles. The maximum Gasteiger partial charge on any atom is 0.222 e. The number of aromatic amines is 1. The molecule has 0 bridgehead atoms. The predicted octanol–water partition coefficient (Wildman–Crippen LogP) is 2.98. The number of aromatic nitrogens is 5. The summed E-state index contributed by atoms with van der Waals surface area (Å²) in [6.07, 6.45) is 4.44. The summed E-state index contributed by atoms with van der Waals surface area (Å²) < 4.78 is 1.76. The fraction of sp³-hybridized carbons (Fsp3) is 0.238.